The number of hydrogen-bond acceptors (Lipinski definition) is 8. The molecule has 1 aliphatic heterocycles. The molecule has 134 valence electrons. The predicted molar refractivity (Wildman–Crippen MR) is 91.5 cm³/mol. The Morgan fingerprint density at radius 3 is 3.24 bits per heavy atom. The molecule has 1 aliphatic rings. The fourth-order valence-electron chi connectivity index (χ4n) is 2.58. The van der Waals surface area contributed by atoms with Gasteiger partial charge in [0.2, 0.25) is 0 Å². The molecule has 0 aromatic carbocycles. The Bertz CT molecular complexity index is 743. The first-order chi connectivity index (χ1) is 12.1. The molecule has 0 unspecified atom stereocenters. The van der Waals surface area contributed by atoms with Gasteiger partial charge in [-0.25, -0.2) is 0 Å². The summed E-state index contributed by atoms with van der Waals surface area (Å²) in [5.41, 5.74) is 2.97. The zero-order valence-corrected chi connectivity index (χ0v) is 14.6. The summed E-state index contributed by atoms with van der Waals surface area (Å²) in [6.07, 6.45) is 3.89. The first kappa shape index (κ1) is 17.5. The average molecular weight is 364 g/mol. The second kappa shape index (κ2) is 8.17. The number of rotatable bonds is 7. The number of carboxylic acid groups (broad SMARTS) is 1. The van der Waals surface area contributed by atoms with Gasteiger partial charge in [-0.3, -0.25) is 4.79 Å². The maximum absolute atomic E-state index is 11.0. The van der Waals surface area contributed by atoms with Crippen LogP contribution in [0.25, 0.3) is 0 Å². The van der Waals surface area contributed by atoms with Crippen LogP contribution in [-0.2, 0) is 11.8 Å². The lowest BCUT2D eigenvalue weighted by molar-refractivity contribution is -0.142. The van der Waals surface area contributed by atoms with Crippen LogP contribution in [0, 0.1) is 11.8 Å². The van der Waals surface area contributed by atoms with E-state index in [-0.39, 0.29) is 11.8 Å². The molecule has 0 radical (unpaired) electrons. The quantitative estimate of drug-likeness (QED) is 0.488. The summed E-state index contributed by atoms with van der Waals surface area (Å²) in [5, 5.41) is 25.6. The summed E-state index contributed by atoms with van der Waals surface area (Å²) in [7, 11) is 1.87. The highest BCUT2D eigenvalue weighted by Crippen LogP contribution is 2.26. The zero-order chi connectivity index (χ0) is 17.6. The highest BCUT2D eigenvalue weighted by Gasteiger charge is 2.26. The number of hydrogen-bond donors (Lipinski definition) is 3. The van der Waals surface area contributed by atoms with Crippen LogP contribution < -0.4 is 10.7 Å². The van der Waals surface area contributed by atoms with E-state index in [0.29, 0.717) is 30.4 Å². The monoisotopic (exact) mass is 364 g/mol. The maximum Gasteiger partial charge on any atom is 0.307 e. The van der Waals surface area contributed by atoms with E-state index in [4.69, 9.17) is 9.52 Å². The van der Waals surface area contributed by atoms with Gasteiger partial charge >= 0.3 is 5.97 Å². The van der Waals surface area contributed by atoms with Gasteiger partial charge < -0.3 is 24.8 Å². The van der Waals surface area contributed by atoms with Gasteiger partial charge in [0.15, 0.2) is 10.2 Å². The first-order valence-electron chi connectivity index (χ1n) is 7.93. The van der Waals surface area contributed by atoms with Gasteiger partial charge in [-0.1, -0.05) is 0 Å². The molecule has 10 heteroatoms. The number of aliphatic carboxylic acids is 1. The Morgan fingerprint density at radius 2 is 2.48 bits per heavy atom. The third-order valence-electron chi connectivity index (χ3n) is 3.92. The normalized spacial score (nSPS) is 20.8. The van der Waals surface area contributed by atoms with Gasteiger partial charge in [0.1, 0.15) is 12.1 Å². The molecule has 25 heavy (non-hydrogen) atoms. The topological polar surface area (TPSA) is 118 Å². The lowest BCUT2D eigenvalue weighted by atomic mass is 9.91. The lowest BCUT2D eigenvalue weighted by Gasteiger charge is -2.27. The number of carbonyl (C=O) groups is 1. The van der Waals surface area contributed by atoms with Crippen molar-refractivity contribution in [2.75, 3.05) is 19.6 Å². The number of nitrogens with zero attached hydrogens (tertiary/aromatic N) is 4. The Hall–Kier alpha value is -2.33. The Kier molecular flexibility index (Phi) is 5.71. The van der Waals surface area contributed by atoms with Crippen molar-refractivity contribution >= 4 is 23.9 Å². The summed E-state index contributed by atoms with van der Waals surface area (Å²) in [4.78, 5) is 11.0. The lowest BCUT2D eigenvalue weighted by Crippen LogP contribution is -2.42. The number of carboxylic acids is 1. The van der Waals surface area contributed by atoms with Crippen LogP contribution in [0.5, 0.6) is 0 Å². The van der Waals surface area contributed by atoms with E-state index < -0.39 is 5.97 Å². The fraction of sp³-hybridized carbons (Fsp3) is 0.467. The smallest absolute Gasteiger partial charge is 0.307 e. The molecule has 3 rings (SSSR count). The van der Waals surface area contributed by atoms with Crippen molar-refractivity contribution < 1.29 is 14.3 Å². The van der Waals surface area contributed by atoms with Gasteiger partial charge in [0.05, 0.1) is 12.1 Å². The van der Waals surface area contributed by atoms with E-state index in [1.54, 1.807) is 12.5 Å². The first-order valence-corrected chi connectivity index (χ1v) is 8.74. The van der Waals surface area contributed by atoms with Gasteiger partial charge in [-0.05, 0) is 42.8 Å². The minimum atomic E-state index is -0.746. The molecule has 3 heterocycles. The maximum atomic E-state index is 11.0. The van der Waals surface area contributed by atoms with Crippen LogP contribution in [0.4, 0.5) is 0 Å². The van der Waals surface area contributed by atoms with Gasteiger partial charge in [-0.2, -0.15) is 5.10 Å². The van der Waals surface area contributed by atoms with Gasteiger partial charge in [0, 0.05) is 20.1 Å². The highest BCUT2D eigenvalue weighted by molar-refractivity contribution is 7.99. The molecule has 0 amide bonds. The highest BCUT2D eigenvalue weighted by atomic mass is 32.2. The van der Waals surface area contributed by atoms with E-state index in [2.05, 4.69) is 26.0 Å². The molecule has 2 aromatic rings. The van der Waals surface area contributed by atoms with Gasteiger partial charge in [0.25, 0.3) is 0 Å². The predicted octanol–water partition coefficient (Wildman–Crippen LogP) is 0.793. The molecule has 0 spiro atoms. The zero-order valence-electron chi connectivity index (χ0n) is 13.8. The summed E-state index contributed by atoms with van der Waals surface area (Å²) in [6, 6.07) is 3.68. The minimum Gasteiger partial charge on any atom is -0.481 e. The Balaban J connectivity index is 1.45. The summed E-state index contributed by atoms with van der Waals surface area (Å²) >= 11 is 1.38. The van der Waals surface area contributed by atoms with Crippen LogP contribution in [0.3, 0.4) is 0 Å². The summed E-state index contributed by atoms with van der Waals surface area (Å²) in [6.45, 7) is 1.95. The Morgan fingerprint density at radius 1 is 1.60 bits per heavy atom. The van der Waals surface area contributed by atoms with Crippen LogP contribution in [-0.4, -0.2) is 51.7 Å². The molecule has 3 N–H and O–H groups in total. The standard InChI is InChI=1S/C15H20N6O3S/c1-21-9-19-20-15(21)25-13-3-2-12(24-13)8-18-17-6-10-4-11(14(22)23)7-16-5-10/h2-3,8-11,16-17H,4-7H2,1H3,(H,22,23)/b18-8+/t10-,11+/m0/s1. The molecule has 0 aliphatic carbocycles. The number of furan rings is 1. The largest absolute Gasteiger partial charge is 0.481 e. The van der Waals surface area contributed by atoms with E-state index in [0.717, 1.165) is 11.7 Å². The van der Waals surface area contributed by atoms with Crippen molar-refractivity contribution in [2.45, 2.75) is 16.7 Å². The molecule has 0 saturated carbocycles. The second-order valence-electron chi connectivity index (χ2n) is 5.90. The molecule has 0 bridgehead atoms. The molecule has 2 aromatic heterocycles. The van der Waals surface area contributed by atoms with Gasteiger partial charge in [-0.15, -0.1) is 10.2 Å². The van der Waals surface area contributed by atoms with E-state index in [1.165, 1.54) is 11.8 Å². The number of piperidine rings is 1. The van der Waals surface area contributed by atoms with E-state index in [1.807, 2.05) is 23.7 Å². The molecule has 2 atom stereocenters. The van der Waals surface area contributed by atoms with Crippen molar-refractivity contribution in [1.82, 2.24) is 25.5 Å². The SMILES string of the molecule is Cn1cnnc1Sc1ccc(/C=N/NC[C@@H]2CNC[C@H](C(=O)O)C2)o1. The van der Waals surface area contributed by atoms with E-state index in [9.17, 15) is 4.79 Å². The third kappa shape index (κ3) is 4.83. The number of hydrazone groups is 1. The van der Waals surface area contributed by atoms with Crippen LogP contribution in [0.2, 0.25) is 0 Å². The molecule has 9 nitrogen and oxygen atoms in total. The van der Waals surface area contributed by atoms with Crippen molar-refractivity contribution in [3.05, 3.63) is 24.2 Å². The van der Waals surface area contributed by atoms with Crippen LogP contribution in [0.1, 0.15) is 12.2 Å². The van der Waals surface area contributed by atoms with Crippen molar-refractivity contribution in [3.8, 4) is 0 Å². The van der Waals surface area contributed by atoms with Crippen LogP contribution in [0.15, 0.2) is 38.2 Å². The second-order valence-corrected chi connectivity index (χ2v) is 6.87. The molecular formula is C15H20N6O3S. The number of aryl methyl sites for hydroxylation is 1. The van der Waals surface area contributed by atoms with Crippen molar-refractivity contribution in [1.29, 1.82) is 0 Å². The van der Waals surface area contributed by atoms with E-state index >= 15 is 0 Å². The van der Waals surface area contributed by atoms with Crippen molar-refractivity contribution in [3.63, 3.8) is 0 Å². The number of nitrogens with one attached hydrogen (secondary N) is 2. The molecule has 1 fully saturated rings. The fourth-order valence-corrected chi connectivity index (χ4v) is 3.31. The summed E-state index contributed by atoms with van der Waals surface area (Å²) in [5.74, 6) is -0.202. The van der Waals surface area contributed by atoms with Crippen molar-refractivity contribution in [2.24, 2.45) is 24.0 Å². The Labute approximate surface area is 148 Å². The molecular weight excluding hydrogens is 344 g/mol. The molecule has 1 saturated heterocycles. The average Bonchev–Trinajstić information content (AvgIpc) is 3.22. The number of aromatic nitrogens is 3. The summed E-state index contributed by atoms with van der Waals surface area (Å²) < 4.78 is 7.47. The van der Waals surface area contributed by atoms with Crippen LogP contribution >= 0.6 is 11.8 Å². The third-order valence-corrected chi connectivity index (χ3v) is 4.89. The minimum absolute atomic E-state index is 0.241.